The fourth-order valence-corrected chi connectivity index (χ4v) is 1.04. The lowest BCUT2D eigenvalue weighted by Gasteiger charge is -2.14. The van der Waals surface area contributed by atoms with Crippen LogP contribution in [0.2, 0.25) is 0 Å². The van der Waals surface area contributed by atoms with Gasteiger partial charge in [-0.2, -0.15) is 0 Å². The Morgan fingerprint density at radius 1 is 1.57 bits per heavy atom. The third-order valence-electron chi connectivity index (χ3n) is 1.94. The van der Waals surface area contributed by atoms with Gasteiger partial charge in [0.05, 0.1) is 6.61 Å². The molecule has 1 atom stereocenters. The number of hydrogen-bond donors (Lipinski definition) is 1. The number of carbonyl (C=O) groups excluding carboxylic acids is 1. The summed E-state index contributed by atoms with van der Waals surface area (Å²) in [5.41, 5.74) is 0. The first-order chi connectivity index (χ1) is 6.76. The molecule has 0 aromatic heterocycles. The molecule has 1 unspecified atom stereocenters. The van der Waals surface area contributed by atoms with Crippen molar-refractivity contribution in [2.75, 3.05) is 13.2 Å². The summed E-state index contributed by atoms with van der Waals surface area (Å²) in [6.07, 6.45) is 4.47. The van der Waals surface area contributed by atoms with Gasteiger partial charge in [0, 0.05) is 6.54 Å². The highest BCUT2D eigenvalue weighted by molar-refractivity contribution is 5.75. The second kappa shape index (κ2) is 8.75. The molecule has 3 nitrogen and oxygen atoms in total. The molecule has 0 saturated carbocycles. The maximum Gasteiger partial charge on any atom is 0.323 e. The zero-order valence-corrected chi connectivity index (χ0v) is 9.21. The monoisotopic (exact) mass is 199 g/mol. The maximum absolute atomic E-state index is 11.4. The Balaban J connectivity index is 3.73. The van der Waals surface area contributed by atoms with Crippen LogP contribution in [0.5, 0.6) is 0 Å². The van der Waals surface area contributed by atoms with Gasteiger partial charge in [0.15, 0.2) is 0 Å². The molecule has 1 N–H and O–H groups in total. The summed E-state index contributed by atoms with van der Waals surface area (Å²) in [5, 5.41) is 3.05. The molecule has 0 rings (SSSR count). The van der Waals surface area contributed by atoms with Gasteiger partial charge in [0.25, 0.3) is 0 Å². The minimum absolute atomic E-state index is 0.150. The van der Waals surface area contributed by atoms with E-state index in [1.165, 1.54) is 0 Å². The Kier molecular flexibility index (Phi) is 8.24. The van der Waals surface area contributed by atoms with Crippen molar-refractivity contribution in [1.82, 2.24) is 5.32 Å². The van der Waals surface area contributed by atoms with E-state index in [-0.39, 0.29) is 12.0 Å². The van der Waals surface area contributed by atoms with E-state index in [0.29, 0.717) is 13.2 Å². The van der Waals surface area contributed by atoms with Gasteiger partial charge in [-0.1, -0.05) is 26.3 Å². The van der Waals surface area contributed by atoms with Gasteiger partial charge in [-0.05, 0) is 12.8 Å². The van der Waals surface area contributed by atoms with Crippen LogP contribution in [0.4, 0.5) is 0 Å². The number of nitrogens with one attached hydrogen (secondary N) is 1. The molecule has 0 aliphatic heterocycles. The van der Waals surface area contributed by atoms with Crippen LogP contribution in [0, 0.1) is 0 Å². The van der Waals surface area contributed by atoms with Gasteiger partial charge in [-0.3, -0.25) is 4.79 Å². The molecular formula is C11H21NO2. The Labute approximate surface area is 86.5 Å². The Bertz CT molecular complexity index is 169. The minimum atomic E-state index is -0.190. The Morgan fingerprint density at radius 2 is 2.29 bits per heavy atom. The Morgan fingerprint density at radius 3 is 2.79 bits per heavy atom. The topological polar surface area (TPSA) is 38.3 Å². The number of hydrogen-bond acceptors (Lipinski definition) is 3. The second-order valence-corrected chi connectivity index (χ2v) is 3.18. The van der Waals surface area contributed by atoms with Gasteiger partial charge in [-0.15, -0.1) is 6.58 Å². The molecule has 0 heterocycles. The average molecular weight is 199 g/mol. The van der Waals surface area contributed by atoms with Gasteiger partial charge in [-0.25, -0.2) is 0 Å². The van der Waals surface area contributed by atoms with Gasteiger partial charge in [0.2, 0.25) is 0 Å². The number of carbonyl (C=O) groups is 1. The summed E-state index contributed by atoms with van der Waals surface area (Å²) in [4.78, 5) is 11.4. The van der Waals surface area contributed by atoms with E-state index in [1.807, 2.05) is 6.92 Å². The smallest absolute Gasteiger partial charge is 0.323 e. The molecule has 0 aliphatic carbocycles. The van der Waals surface area contributed by atoms with Crippen LogP contribution in [0.3, 0.4) is 0 Å². The number of unbranched alkanes of at least 4 members (excludes halogenated alkanes) is 1. The summed E-state index contributed by atoms with van der Waals surface area (Å²) in [5.74, 6) is -0.150. The largest absolute Gasteiger partial charge is 0.465 e. The van der Waals surface area contributed by atoms with E-state index < -0.39 is 0 Å². The summed E-state index contributed by atoms with van der Waals surface area (Å²) in [6, 6.07) is -0.190. The lowest BCUT2D eigenvalue weighted by Crippen LogP contribution is -2.37. The molecule has 0 aromatic carbocycles. The van der Waals surface area contributed by atoms with Crippen LogP contribution in [0.15, 0.2) is 12.7 Å². The van der Waals surface area contributed by atoms with Crippen LogP contribution in [-0.2, 0) is 9.53 Å². The molecule has 0 aromatic rings. The third kappa shape index (κ3) is 5.75. The molecule has 0 aliphatic rings. The second-order valence-electron chi connectivity index (χ2n) is 3.18. The molecule has 14 heavy (non-hydrogen) atoms. The molecule has 0 bridgehead atoms. The van der Waals surface area contributed by atoms with Crippen molar-refractivity contribution in [3.63, 3.8) is 0 Å². The van der Waals surface area contributed by atoms with E-state index in [4.69, 9.17) is 4.74 Å². The predicted octanol–water partition coefficient (Wildman–Crippen LogP) is 1.88. The normalized spacial score (nSPS) is 12.1. The van der Waals surface area contributed by atoms with Gasteiger partial charge < -0.3 is 10.1 Å². The van der Waals surface area contributed by atoms with Gasteiger partial charge >= 0.3 is 5.97 Å². The van der Waals surface area contributed by atoms with Crippen LogP contribution in [0.1, 0.15) is 33.1 Å². The summed E-state index contributed by atoms with van der Waals surface area (Å²) < 4.78 is 5.10. The van der Waals surface area contributed by atoms with E-state index in [0.717, 1.165) is 19.3 Å². The van der Waals surface area contributed by atoms with Crippen molar-refractivity contribution in [2.24, 2.45) is 0 Å². The number of ether oxygens (including phenoxy) is 1. The first kappa shape index (κ1) is 13.2. The van der Waals surface area contributed by atoms with Crippen molar-refractivity contribution in [2.45, 2.75) is 39.2 Å². The van der Waals surface area contributed by atoms with Crippen molar-refractivity contribution in [1.29, 1.82) is 0 Å². The van der Waals surface area contributed by atoms with Crippen molar-refractivity contribution >= 4 is 5.97 Å². The lowest BCUT2D eigenvalue weighted by molar-refractivity contribution is -0.146. The highest BCUT2D eigenvalue weighted by Gasteiger charge is 2.15. The maximum atomic E-state index is 11.4. The molecule has 3 heteroatoms. The fourth-order valence-electron chi connectivity index (χ4n) is 1.04. The van der Waals surface area contributed by atoms with E-state index >= 15 is 0 Å². The molecule has 0 spiro atoms. The van der Waals surface area contributed by atoms with Crippen molar-refractivity contribution in [3.05, 3.63) is 12.7 Å². The molecule has 82 valence electrons. The first-order valence-corrected chi connectivity index (χ1v) is 5.27. The molecule has 0 fully saturated rings. The fraction of sp³-hybridized carbons (Fsp3) is 0.727. The molecule has 0 amide bonds. The van der Waals surface area contributed by atoms with Crippen LogP contribution in [0.25, 0.3) is 0 Å². The van der Waals surface area contributed by atoms with E-state index in [1.54, 1.807) is 6.08 Å². The first-order valence-electron chi connectivity index (χ1n) is 5.27. The zero-order valence-electron chi connectivity index (χ0n) is 9.21. The minimum Gasteiger partial charge on any atom is -0.465 e. The lowest BCUT2D eigenvalue weighted by atomic mass is 10.2. The highest BCUT2D eigenvalue weighted by Crippen LogP contribution is 1.97. The quantitative estimate of drug-likeness (QED) is 0.368. The van der Waals surface area contributed by atoms with E-state index in [9.17, 15) is 4.79 Å². The van der Waals surface area contributed by atoms with Crippen molar-refractivity contribution < 1.29 is 9.53 Å². The highest BCUT2D eigenvalue weighted by atomic mass is 16.5. The van der Waals surface area contributed by atoms with Gasteiger partial charge in [0.1, 0.15) is 6.04 Å². The molecule has 0 saturated heterocycles. The summed E-state index contributed by atoms with van der Waals surface area (Å²) >= 11 is 0. The Hall–Kier alpha value is -0.830. The van der Waals surface area contributed by atoms with Crippen LogP contribution < -0.4 is 5.32 Å². The van der Waals surface area contributed by atoms with Crippen molar-refractivity contribution in [3.8, 4) is 0 Å². The average Bonchev–Trinajstić information content (AvgIpc) is 2.19. The molecular weight excluding hydrogens is 178 g/mol. The summed E-state index contributed by atoms with van der Waals surface area (Å²) in [6.45, 7) is 8.79. The van der Waals surface area contributed by atoms with E-state index in [2.05, 4.69) is 18.8 Å². The third-order valence-corrected chi connectivity index (χ3v) is 1.94. The number of esters is 1. The number of rotatable bonds is 8. The summed E-state index contributed by atoms with van der Waals surface area (Å²) in [7, 11) is 0. The van der Waals surface area contributed by atoms with Crippen LogP contribution in [-0.4, -0.2) is 25.2 Å². The molecule has 0 radical (unpaired) electrons. The predicted molar refractivity (Wildman–Crippen MR) is 58.1 cm³/mol. The van der Waals surface area contributed by atoms with Crippen LogP contribution >= 0.6 is 0 Å². The zero-order chi connectivity index (χ0) is 10.8. The standard InChI is InChI=1S/C11H21NO2/c1-4-7-9-14-11(13)10(6-3)12-8-5-2/h5,10,12H,2,4,6-9H2,1,3H3. The SMILES string of the molecule is C=CCNC(CC)C(=O)OCCCC.